The van der Waals surface area contributed by atoms with Crippen LogP contribution in [0.25, 0.3) is 0 Å². The van der Waals surface area contributed by atoms with Crippen LogP contribution in [-0.2, 0) is 0 Å². The van der Waals surface area contributed by atoms with Gasteiger partial charge in [-0.25, -0.2) is 0 Å². The van der Waals surface area contributed by atoms with Crippen molar-refractivity contribution in [3.05, 3.63) is 23.5 Å². The molecule has 0 aliphatic heterocycles. The Morgan fingerprint density at radius 1 is 1.06 bits per heavy atom. The highest BCUT2D eigenvalue weighted by atomic mass is 15.4. The van der Waals surface area contributed by atoms with Gasteiger partial charge in [-0.1, -0.05) is 20.3 Å². The summed E-state index contributed by atoms with van der Waals surface area (Å²) in [4.78, 5) is 0. The molecule has 1 N–H and O–H groups in total. The molecular weight excluding hydrogens is 196 g/mol. The molecule has 1 aliphatic carbocycles. The van der Waals surface area contributed by atoms with Crippen molar-refractivity contribution in [3.8, 4) is 0 Å². The van der Waals surface area contributed by atoms with Gasteiger partial charge in [0.1, 0.15) is 0 Å². The van der Waals surface area contributed by atoms with E-state index < -0.39 is 0 Å². The van der Waals surface area contributed by atoms with Gasteiger partial charge in [0.15, 0.2) is 0 Å². The van der Waals surface area contributed by atoms with Crippen molar-refractivity contribution in [1.82, 2.24) is 4.68 Å². The van der Waals surface area contributed by atoms with Crippen LogP contribution in [0.15, 0.2) is 12.1 Å². The highest BCUT2D eigenvalue weighted by molar-refractivity contribution is 5.16. The molecule has 2 rings (SSSR count). The van der Waals surface area contributed by atoms with E-state index in [4.69, 9.17) is 0 Å². The van der Waals surface area contributed by atoms with E-state index in [-0.39, 0.29) is 0 Å². The van der Waals surface area contributed by atoms with Crippen LogP contribution in [0.5, 0.6) is 0 Å². The van der Waals surface area contributed by atoms with E-state index in [1.165, 1.54) is 30.7 Å². The van der Waals surface area contributed by atoms with E-state index in [1.807, 2.05) is 0 Å². The summed E-state index contributed by atoms with van der Waals surface area (Å²) < 4.78 is 2.25. The fourth-order valence-electron chi connectivity index (χ4n) is 2.96. The van der Waals surface area contributed by atoms with Crippen LogP contribution in [0, 0.1) is 25.7 Å². The maximum Gasteiger partial charge on any atom is 0.0475 e. The van der Waals surface area contributed by atoms with Crippen LogP contribution < -0.4 is 5.43 Å². The molecule has 2 nitrogen and oxygen atoms in total. The minimum absolute atomic E-state index is 0.624. The number of rotatable bonds is 2. The highest BCUT2D eigenvalue weighted by Crippen LogP contribution is 2.29. The SMILES string of the molecule is Cc1ccc(C)n1NC1C(C)CCCC1C. The molecule has 1 saturated carbocycles. The Hall–Kier alpha value is -0.920. The molecule has 1 fully saturated rings. The molecule has 0 aromatic carbocycles. The first kappa shape index (κ1) is 11.6. The Kier molecular flexibility index (Phi) is 3.27. The lowest BCUT2D eigenvalue weighted by atomic mass is 9.79. The van der Waals surface area contributed by atoms with Crippen LogP contribution in [0.1, 0.15) is 44.5 Å². The first-order valence-electron chi connectivity index (χ1n) is 6.51. The van der Waals surface area contributed by atoms with E-state index in [1.54, 1.807) is 0 Å². The zero-order valence-electron chi connectivity index (χ0n) is 11.0. The predicted octanol–water partition coefficient (Wildman–Crippen LogP) is 3.47. The smallest absolute Gasteiger partial charge is 0.0475 e. The first-order chi connectivity index (χ1) is 7.59. The summed E-state index contributed by atoms with van der Waals surface area (Å²) in [7, 11) is 0. The Bertz CT molecular complexity index is 324. The minimum atomic E-state index is 0.624. The molecule has 0 radical (unpaired) electrons. The Morgan fingerprint density at radius 2 is 1.56 bits per heavy atom. The van der Waals surface area contributed by atoms with Crippen LogP contribution in [0.3, 0.4) is 0 Å². The standard InChI is InChI=1S/C14H24N2/c1-10-6-5-7-11(2)14(10)15-16-12(3)8-9-13(16)4/h8-11,14-15H,5-7H2,1-4H3. The molecular formula is C14H24N2. The molecule has 16 heavy (non-hydrogen) atoms. The summed E-state index contributed by atoms with van der Waals surface area (Å²) in [6, 6.07) is 4.99. The monoisotopic (exact) mass is 220 g/mol. The van der Waals surface area contributed by atoms with Crippen molar-refractivity contribution in [2.45, 2.75) is 53.0 Å². The quantitative estimate of drug-likeness (QED) is 0.807. The Balaban J connectivity index is 2.13. The number of hydrogen-bond donors (Lipinski definition) is 1. The molecule has 90 valence electrons. The molecule has 1 aromatic rings. The normalized spacial score (nSPS) is 30.4. The van der Waals surface area contributed by atoms with Crippen LogP contribution in [0.4, 0.5) is 0 Å². The van der Waals surface area contributed by atoms with Crippen molar-refractivity contribution in [2.24, 2.45) is 11.8 Å². The van der Waals surface area contributed by atoms with Gasteiger partial charge in [0.05, 0.1) is 0 Å². The third-order valence-corrected chi connectivity index (χ3v) is 4.09. The number of hydrogen-bond acceptors (Lipinski definition) is 1. The lowest BCUT2D eigenvalue weighted by Crippen LogP contribution is -2.41. The van der Waals surface area contributed by atoms with Gasteiger partial charge in [-0.05, 0) is 50.7 Å². The molecule has 2 heteroatoms. The van der Waals surface area contributed by atoms with E-state index >= 15 is 0 Å². The van der Waals surface area contributed by atoms with Crippen molar-refractivity contribution in [3.63, 3.8) is 0 Å². The maximum absolute atomic E-state index is 3.71. The third-order valence-electron chi connectivity index (χ3n) is 4.09. The lowest BCUT2D eigenvalue weighted by Gasteiger charge is -2.36. The fourth-order valence-corrected chi connectivity index (χ4v) is 2.96. The van der Waals surface area contributed by atoms with Gasteiger partial charge in [0.2, 0.25) is 0 Å². The average Bonchev–Trinajstić information content (AvgIpc) is 2.54. The van der Waals surface area contributed by atoms with E-state index in [9.17, 15) is 0 Å². The van der Waals surface area contributed by atoms with Gasteiger partial charge in [0, 0.05) is 17.4 Å². The van der Waals surface area contributed by atoms with Crippen molar-refractivity contribution in [1.29, 1.82) is 0 Å². The van der Waals surface area contributed by atoms with Gasteiger partial charge in [-0.2, -0.15) is 0 Å². The second kappa shape index (κ2) is 4.52. The van der Waals surface area contributed by atoms with E-state index in [2.05, 4.69) is 49.9 Å². The molecule has 1 aromatic heterocycles. The van der Waals surface area contributed by atoms with E-state index in [0.717, 1.165) is 11.8 Å². The number of aryl methyl sites for hydroxylation is 2. The third kappa shape index (κ3) is 2.11. The predicted molar refractivity (Wildman–Crippen MR) is 69.2 cm³/mol. The van der Waals surface area contributed by atoms with Gasteiger partial charge in [-0.3, -0.25) is 4.68 Å². The van der Waals surface area contributed by atoms with Gasteiger partial charge in [0.25, 0.3) is 0 Å². The maximum atomic E-state index is 3.71. The largest absolute Gasteiger partial charge is 0.322 e. The molecule has 0 bridgehead atoms. The summed E-state index contributed by atoms with van der Waals surface area (Å²) in [5.74, 6) is 1.56. The van der Waals surface area contributed by atoms with Gasteiger partial charge < -0.3 is 5.43 Å². The van der Waals surface area contributed by atoms with Crippen LogP contribution in [0.2, 0.25) is 0 Å². The summed E-state index contributed by atoms with van der Waals surface area (Å²) in [6.45, 7) is 9.08. The molecule has 0 amide bonds. The lowest BCUT2D eigenvalue weighted by molar-refractivity contribution is 0.253. The first-order valence-corrected chi connectivity index (χ1v) is 6.51. The number of nitrogens with zero attached hydrogens (tertiary/aromatic N) is 1. The molecule has 1 heterocycles. The topological polar surface area (TPSA) is 17.0 Å². The van der Waals surface area contributed by atoms with Gasteiger partial charge in [-0.15, -0.1) is 0 Å². The molecule has 0 saturated heterocycles. The molecule has 2 unspecified atom stereocenters. The zero-order valence-corrected chi connectivity index (χ0v) is 11.0. The summed E-state index contributed by atoms with van der Waals surface area (Å²) in [5, 5.41) is 0. The second-order valence-electron chi connectivity index (χ2n) is 5.49. The Labute approximate surface area is 99.0 Å². The van der Waals surface area contributed by atoms with Crippen molar-refractivity contribution in [2.75, 3.05) is 5.43 Å². The zero-order chi connectivity index (χ0) is 11.7. The molecule has 0 spiro atoms. The van der Waals surface area contributed by atoms with Gasteiger partial charge >= 0.3 is 0 Å². The summed E-state index contributed by atoms with van der Waals surface area (Å²) in [6.07, 6.45) is 4.12. The van der Waals surface area contributed by atoms with Crippen molar-refractivity contribution >= 4 is 0 Å². The van der Waals surface area contributed by atoms with E-state index in [0.29, 0.717) is 6.04 Å². The van der Waals surface area contributed by atoms with Crippen molar-refractivity contribution < 1.29 is 0 Å². The number of nitrogens with one attached hydrogen (secondary N) is 1. The molecule has 1 aliphatic rings. The summed E-state index contributed by atoms with van der Waals surface area (Å²) >= 11 is 0. The summed E-state index contributed by atoms with van der Waals surface area (Å²) in [5.41, 5.74) is 6.33. The fraction of sp³-hybridized carbons (Fsp3) is 0.714. The Morgan fingerprint density at radius 3 is 2.06 bits per heavy atom. The number of aromatic nitrogens is 1. The van der Waals surface area contributed by atoms with Crippen LogP contribution in [-0.4, -0.2) is 10.7 Å². The van der Waals surface area contributed by atoms with Crippen LogP contribution >= 0.6 is 0 Å². The second-order valence-corrected chi connectivity index (χ2v) is 5.49. The molecule has 2 atom stereocenters. The minimum Gasteiger partial charge on any atom is -0.322 e. The highest BCUT2D eigenvalue weighted by Gasteiger charge is 2.28. The average molecular weight is 220 g/mol.